The fourth-order valence-electron chi connectivity index (χ4n) is 6.82. The molecular weight excluding hydrogens is 328 g/mol. The van der Waals surface area contributed by atoms with Crippen LogP contribution in [0, 0.1) is 53.3 Å². The van der Waals surface area contributed by atoms with Crippen LogP contribution in [0.1, 0.15) is 60.8 Å². The van der Waals surface area contributed by atoms with E-state index in [-0.39, 0.29) is 47.4 Å². The Labute approximate surface area is 158 Å². The van der Waals surface area contributed by atoms with Gasteiger partial charge in [0.2, 0.25) is 0 Å². The molecule has 11 unspecified atom stereocenters. The summed E-state index contributed by atoms with van der Waals surface area (Å²) in [5.41, 5.74) is 0. The van der Waals surface area contributed by atoms with Gasteiger partial charge in [-0.25, -0.2) is 0 Å². The maximum absolute atomic E-state index is 13.3. The highest BCUT2D eigenvalue weighted by molar-refractivity contribution is 5.88. The molecule has 0 bridgehead atoms. The molecule has 0 aromatic heterocycles. The van der Waals surface area contributed by atoms with Crippen molar-refractivity contribution in [3.63, 3.8) is 0 Å². The van der Waals surface area contributed by atoms with E-state index in [9.17, 15) is 14.7 Å². The van der Waals surface area contributed by atoms with Crippen LogP contribution in [-0.2, 0) is 14.3 Å². The number of hydrogen-bond donors (Lipinski definition) is 1. The van der Waals surface area contributed by atoms with Gasteiger partial charge in [-0.05, 0) is 61.7 Å². The van der Waals surface area contributed by atoms with Crippen molar-refractivity contribution in [3.05, 3.63) is 0 Å². The first-order valence-electron chi connectivity index (χ1n) is 10.6. The Morgan fingerprint density at radius 3 is 2.15 bits per heavy atom. The number of carbonyl (C=O) groups excluding carboxylic acids is 2. The molecule has 1 aliphatic heterocycles. The second-order valence-corrected chi connectivity index (χ2v) is 9.86. The zero-order valence-electron chi connectivity index (χ0n) is 17.1. The molecule has 4 nitrogen and oxygen atoms in total. The average Bonchev–Trinajstić information content (AvgIpc) is 2.53. The van der Waals surface area contributed by atoms with Crippen molar-refractivity contribution in [3.8, 4) is 0 Å². The maximum atomic E-state index is 13.3. The Bertz CT molecular complexity index is 554. The Morgan fingerprint density at radius 2 is 1.54 bits per heavy atom. The second kappa shape index (κ2) is 7.26. The number of fused-ring (bicyclic) bond motifs is 3. The lowest BCUT2D eigenvalue weighted by atomic mass is 9.51. The summed E-state index contributed by atoms with van der Waals surface area (Å²) >= 11 is 0. The summed E-state index contributed by atoms with van der Waals surface area (Å²) in [7, 11) is 0. The van der Waals surface area contributed by atoms with Gasteiger partial charge in [-0.2, -0.15) is 0 Å². The molecule has 0 radical (unpaired) electrons. The normalized spacial score (nSPS) is 50.7. The molecule has 0 aromatic carbocycles. The third kappa shape index (κ3) is 3.23. The first-order valence-corrected chi connectivity index (χ1v) is 10.6. The molecule has 2 saturated carbocycles. The van der Waals surface area contributed by atoms with E-state index in [1.54, 1.807) is 6.92 Å². The van der Waals surface area contributed by atoms with Gasteiger partial charge in [0.25, 0.3) is 0 Å². The van der Waals surface area contributed by atoms with Gasteiger partial charge in [-0.3, -0.25) is 9.59 Å². The number of esters is 1. The van der Waals surface area contributed by atoms with Crippen LogP contribution in [0.4, 0.5) is 0 Å². The van der Waals surface area contributed by atoms with E-state index in [2.05, 4.69) is 20.8 Å². The van der Waals surface area contributed by atoms with Gasteiger partial charge in [-0.1, -0.05) is 34.6 Å². The van der Waals surface area contributed by atoms with E-state index >= 15 is 0 Å². The third-order valence-electron chi connectivity index (χ3n) is 7.73. The van der Waals surface area contributed by atoms with Crippen LogP contribution >= 0.6 is 0 Å². The number of ether oxygens (including phenoxy) is 1. The molecule has 3 rings (SSSR count). The summed E-state index contributed by atoms with van der Waals surface area (Å²) in [4.78, 5) is 26.5. The Hall–Kier alpha value is -0.900. The smallest absolute Gasteiger partial charge is 0.309 e. The van der Waals surface area contributed by atoms with Crippen molar-refractivity contribution in [1.82, 2.24) is 0 Å². The van der Waals surface area contributed by atoms with Gasteiger partial charge >= 0.3 is 5.97 Å². The van der Waals surface area contributed by atoms with E-state index in [0.717, 1.165) is 19.3 Å². The lowest BCUT2D eigenvalue weighted by molar-refractivity contribution is -0.185. The molecule has 148 valence electrons. The number of aliphatic hydroxyl groups excluding tert-OH is 1. The summed E-state index contributed by atoms with van der Waals surface area (Å²) in [5.74, 6) is 1.31. The van der Waals surface area contributed by atoms with Gasteiger partial charge in [0.1, 0.15) is 11.9 Å². The monoisotopic (exact) mass is 364 g/mol. The lowest BCUT2D eigenvalue weighted by Gasteiger charge is -2.53. The van der Waals surface area contributed by atoms with Crippen molar-refractivity contribution in [1.29, 1.82) is 0 Å². The summed E-state index contributed by atoms with van der Waals surface area (Å²) in [6.07, 6.45) is 1.74. The van der Waals surface area contributed by atoms with Crippen LogP contribution in [0.25, 0.3) is 0 Å². The summed E-state index contributed by atoms with van der Waals surface area (Å²) < 4.78 is 5.89. The highest BCUT2D eigenvalue weighted by atomic mass is 16.6. The zero-order chi connectivity index (χ0) is 19.3. The number of cyclic esters (lactones) is 1. The minimum atomic E-state index is -0.667. The van der Waals surface area contributed by atoms with E-state index in [1.807, 2.05) is 13.8 Å². The van der Waals surface area contributed by atoms with Crippen molar-refractivity contribution in [2.45, 2.75) is 73.0 Å². The minimum absolute atomic E-state index is 0.00778. The van der Waals surface area contributed by atoms with Gasteiger partial charge in [0.05, 0.1) is 12.0 Å². The number of Topliss-reactive ketones (excluding diaryl/α,β-unsaturated/α-hetero) is 1. The van der Waals surface area contributed by atoms with Gasteiger partial charge in [0, 0.05) is 11.8 Å². The topological polar surface area (TPSA) is 63.6 Å². The van der Waals surface area contributed by atoms with Gasteiger partial charge < -0.3 is 9.84 Å². The Kier molecular flexibility index (Phi) is 5.54. The van der Waals surface area contributed by atoms with Crippen LogP contribution in [0.15, 0.2) is 0 Å². The fraction of sp³-hybridized carbons (Fsp3) is 0.909. The van der Waals surface area contributed by atoms with Crippen molar-refractivity contribution in [2.24, 2.45) is 53.3 Å². The lowest BCUT2D eigenvalue weighted by Crippen LogP contribution is -2.57. The molecule has 0 aromatic rings. The molecule has 26 heavy (non-hydrogen) atoms. The Morgan fingerprint density at radius 1 is 0.923 bits per heavy atom. The van der Waals surface area contributed by atoms with Crippen LogP contribution < -0.4 is 0 Å². The van der Waals surface area contributed by atoms with Crippen molar-refractivity contribution in [2.75, 3.05) is 0 Å². The maximum Gasteiger partial charge on any atom is 0.309 e. The molecular formula is C22H36O4. The number of rotatable bonds is 1. The predicted octanol–water partition coefficient (Wildman–Crippen LogP) is 3.70. The largest absolute Gasteiger partial charge is 0.459 e. The Balaban J connectivity index is 2.01. The number of aliphatic hydroxyl groups is 1. The molecule has 11 atom stereocenters. The highest BCUT2D eigenvalue weighted by Gasteiger charge is 2.57. The van der Waals surface area contributed by atoms with Crippen LogP contribution in [0.3, 0.4) is 0 Å². The first kappa shape index (κ1) is 19.9. The summed E-state index contributed by atoms with van der Waals surface area (Å²) in [6.45, 7) is 12.4. The zero-order valence-corrected chi connectivity index (χ0v) is 17.1. The predicted molar refractivity (Wildman–Crippen MR) is 100 cm³/mol. The molecule has 0 amide bonds. The minimum Gasteiger partial charge on any atom is -0.459 e. The quantitative estimate of drug-likeness (QED) is 0.721. The van der Waals surface area contributed by atoms with Crippen LogP contribution in [-0.4, -0.2) is 29.1 Å². The first-order chi connectivity index (χ1) is 12.1. The SMILES string of the molecule is CC1CC(C)C2C(C1)C(=O)C(C)C1C(C)CC(C)C(C(C)O)OC(=O)C12. The molecule has 4 heteroatoms. The summed E-state index contributed by atoms with van der Waals surface area (Å²) in [6, 6.07) is 0. The van der Waals surface area contributed by atoms with Gasteiger partial charge in [0.15, 0.2) is 0 Å². The second-order valence-electron chi connectivity index (χ2n) is 9.86. The molecule has 3 fully saturated rings. The molecule has 1 heterocycles. The molecule has 0 spiro atoms. The average molecular weight is 365 g/mol. The molecule has 2 aliphatic carbocycles. The van der Waals surface area contributed by atoms with Crippen LogP contribution in [0.2, 0.25) is 0 Å². The van der Waals surface area contributed by atoms with Gasteiger partial charge in [-0.15, -0.1) is 0 Å². The van der Waals surface area contributed by atoms with Crippen LogP contribution in [0.5, 0.6) is 0 Å². The van der Waals surface area contributed by atoms with Crippen molar-refractivity contribution < 1.29 is 19.4 Å². The highest BCUT2D eigenvalue weighted by Crippen LogP contribution is 2.54. The molecule has 1 N–H and O–H groups in total. The van der Waals surface area contributed by atoms with E-state index in [4.69, 9.17) is 4.74 Å². The third-order valence-corrected chi connectivity index (χ3v) is 7.73. The number of hydrogen-bond acceptors (Lipinski definition) is 4. The summed E-state index contributed by atoms with van der Waals surface area (Å²) in [5, 5.41) is 10.1. The number of carbonyl (C=O) groups is 2. The standard InChI is InChI=1S/C22H36O4/c1-10-7-11(2)18-16(8-10)20(24)14(5)17-12(3)9-13(4)21(15(6)23)26-22(25)19(17)18/h10-19,21,23H,7-9H2,1-6H3. The van der Waals surface area contributed by atoms with Crippen molar-refractivity contribution >= 4 is 11.8 Å². The number of ketones is 1. The molecule has 1 saturated heterocycles. The van der Waals surface area contributed by atoms with E-state index in [0.29, 0.717) is 17.6 Å². The van der Waals surface area contributed by atoms with E-state index in [1.165, 1.54) is 0 Å². The molecule has 3 aliphatic rings. The van der Waals surface area contributed by atoms with E-state index < -0.39 is 12.2 Å². The fourth-order valence-corrected chi connectivity index (χ4v) is 6.82.